The molecule has 3 N–H and O–H groups in total. The zero-order valence-corrected chi connectivity index (χ0v) is 13.3. The van der Waals surface area contributed by atoms with E-state index in [2.05, 4.69) is 5.32 Å². The van der Waals surface area contributed by atoms with Gasteiger partial charge in [-0.15, -0.1) is 24.8 Å². The van der Waals surface area contributed by atoms with Crippen LogP contribution in [0.4, 0.5) is 13.2 Å². The van der Waals surface area contributed by atoms with E-state index in [1.54, 1.807) is 4.90 Å². The Kier molecular flexibility index (Phi) is 8.32. The van der Waals surface area contributed by atoms with E-state index in [9.17, 15) is 23.4 Å². The molecule has 0 radical (unpaired) electrons. The lowest BCUT2D eigenvalue weighted by molar-refractivity contribution is -0.148. The Morgan fingerprint density at radius 1 is 1.05 bits per heavy atom. The molecule has 0 amide bonds. The molecule has 1 atom stereocenters. The fourth-order valence-corrected chi connectivity index (χ4v) is 2.48. The van der Waals surface area contributed by atoms with Crippen molar-refractivity contribution in [1.82, 2.24) is 10.2 Å². The van der Waals surface area contributed by atoms with Crippen LogP contribution in [0.25, 0.3) is 0 Å². The summed E-state index contributed by atoms with van der Waals surface area (Å²) in [5, 5.41) is 22.0. The minimum atomic E-state index is -4.31. The van der Waals surface area contributed by atoms with Crippen LogP contribution in [-0.4, -0.2) is 47.5 Å². The second-order valence-electron chi connectivity index (χ2n) is 4.90. The molecule has 2 rings (SSSR count). The molecule has 1 saturated heterocycles. The molecule has 1 aromatic rings. The summed E-state index contributed by atoms with van der Waals surface area (Å²) in [6, 6.07) is 2.76. The highest BCUT2D eigenvalue weighted by Gasteiger charge is 2.36. The average Bonchev–Trinajstić information content (AvgIpc) is 2.35. The van der Waals surface area contributed by atoms with E-state index in [0.717, 1.165) is 6.07 Å². The normalized spacial score (nSPS) is 17.2. The molecule has 1 heterocycles. The third kappa shape index (κ3) is 6.08. The highest BCUT2D eigenvalue weighted by atomic mass is 35.5. The molecule has 4 nitrogen and oxygen atoms in total. The summed E-state index contributed by atoms with van der Waals surface area (Å²) in [5.41, 5.74) is 0.279. The lowest BCUT2D eigenvalue weighted by atomic mass is 10.00. The number of nitrogens with zero attached hydrogens (tertiary/aromatic N) is 1. The fraction of sp³-hybridized carbons (Fsp3) is 0.538. The predicted octanol–water partition coefficient (Wildman–Crippen LogP) is 2.84. The molecule has 128 valence electrons. The van der Waals surface area contributed by atoms with Crippen molar-refractivity contribution in [2.24, 2.45) is 0 Å². The molecule has 1 aromatic carbocycles. The van der Waals surface area contributed by atoms with Gasteiger partial charge in [-0.1, -0.05) is 0 Å². The van der Waals surface area contributed by atoms with E-state index in [1.807, 2.05) is 0 Å². The van der Waals surface area contributed by atoms with Gasteiger partial charge in [0.05, 0.1) is 6.42 Å². The van der Waals surface area contributed by atoms with Gasteiger partial charge in [-0.25, -0.2) is 0 Å². The van der Waals surface area contributed by atoms with Crippen molar-refractivity contribution in [3.8, 4) is 11.5 Å². The number of phenolic OH excluding ortho intramolecular Hbond substituents is 2. The summed E-state index contributed by atoms with van der Waals surface area (Å²) in [7, 11) is 0. The highest BCUT2D eigenvalue weighted by molar-refractivity contribution is 5.85. The Labute approximate surface area is 139 Å². The third-order valence-electron chi connectivity index (χ3n) is 3.33. The summed E-state index contributed by atoms with van der Waals surface area (Å²) in [6.07, 6.45) is -5.31. The Morgan fingerprint density at radius 3 is 2.00 bits per heavy atom. The van der Waals surface area contributed by atoms with Crippen molar-refractivity contribution >= 4 is 24.8 Å². The van der Waals surface area contributed by atoms with Gasteiger partial charge in [0.25, 0.3) is 0 Å². The SMILES string of the molecule is Cl.Cl.Oc1cc(O)cc([C@@H](CC(F)(F)F)N2CCNCC2)c1. The lowest BCUT2D eigenvalue weighted by Crippen LogP contribution is -2.46. The molecular formula is C13H19Cl2F3N2O2. The van der Waals surface area contributed by atoms with Crippen LogP contribution in [0.2, 0.25) is 0 Å². The van der Waals surface area contributed by atoms with E-state index in [4.69, 9.17) is 0 Å². The first-order chi connectivity index (χ1) is 9.35. The molecule has 0 unspecified atom stereocenters. The van der Waals surface area contributed by atoms with E-state index >= 15 is 0 Å². The van der Waals surface area contributed by atoms with Gasteiger partial charge in [-0.2, -0.15) is 13.2 Å². The highest BCUT2D eigenvalue weighted by Crippen LogP contribution is 2.36. The zero-order valence-electron chi connectivity index (χ0n) is 11.6. The first kappa shape index (κ1) is 21.1. The van der Waals surface area contributed by atoms with Crippen molar-refractivity contribution in [2.75, 3.05) is 26.2 Å². The largest absolute Gasteiger partial charge is 0.508 e. The predicted molar refractivity (Wildman–Crippen MR) is 82.1 cm³/mol. The summed E-state index contributed by atoms with van der Waals surface area (Å²) >= 11 is 0. The Hall–Kier alpha value is -0.890. The maximum atomic E-state index is 12.8. The van der Waals surface area contributed by atoms with Crippen LogP contribution in [0, 0.1) is 0 Å². The van der Waals surface area contributed by atoms with Crippen LogP contribution in [-0.2, 0) is 0 Å². The molecule has 1 aliphatic heterocycles. The van der Waals surface area contributed by atoms with Gasteiger partial charge in [0, 0.05) is 38.3 Å². The topological polar surface area (TPSA) is 55.7 Å². The van der Waals surface area contributed by atoms with Gasteiger partial charge in [-0.3, -0.25) is 4.90 Å². The monoisotopic (exact) mass is 362 g/mol. The number of rotatable bonds is 3. The summed E-state index contributed by atoms with van der Waals surface area (Å²) in [4.78, 5) is 1.72. The first-order valence-corrected chi connectivity index (χ1v) is 6.39. The van der Waals surface area contributed by atoms with Crippen molar-refractivity contribution in [3.05, 3.63) is 23.8 Å². The van der Waals surface area contributed by atoms with Gasteiger partial charge < -0.3 is 15.5 Å². The van der Waals surface area contributed by atoms with Crippen LogP contribution in [0.5, 0.6) is 11.5 Å². The first-order valence-electron chi connectivity index (χ1n) is 6.39. The number of hydrogen-bond acceptors (Lipinski definition) is 4. The molecule has 1 aliphatic rings. The number of halogens is 5. The van der Waals surface area contributed by atoms with Crippen molar-refractivity contribution < 1.29 is 23.4 Å². The number of alkyl halides is 3. The smallest absolute Gasteiger partial charge is 0.390 e. The van der Waals surface area contributed by atoms with Gasteiger partial charge in [0.15, 0.2) is 0 Å². The number of phenols is 2. The minimum Gasteiger partial charge on any atom is -0.508 e. The molecule has 0 aromatic heterocycles. The summed E-state index contributed by atoms with van der Waals surface area (Å²) in [6.45, 7) is 2.24. The Morgan fingerprint density at radius 2 is 1.55 bits per heavy atom. The van der Waals surface area contributed by atoms with E-state index in [-0.39, 0.29) is 41.9 Å². The van der Waals surface area contributed by atoms with Crippen LogP contribution in [0.1, 0.15) is 18.0 Å². The van der Waals surface area contributed by atoms with Crippen LogP contribution in [0.3, 0.4) is 0 Å². The molecule has 22 heavy (non-hydrogen) atoms. The van der Waals surface area contributed by atoms with Gasteiger partial charge in [-0.05, 0) is 17.7 Å². The number of piperazine rings is 1. The van der Waals surface area contributed by atoms with Gasteiger partial charge in [0.2, 0.25) is 0 Å². The number of benzene rings is 1. The van der Waals surface area contributed by atoms with E-state index in [1.165, 1.54) is 12.1 Å². The van der Waals surface area contributed by atoms with Crippen LogP contribution >= 0.6 is 24.8 Å². The lowest BCUT2D eigenvalue weighted by Gasteiger charge is -2.35. The molecule has 0 spiro atoms. The number of hydrogen-bond donors (Lipinski definition) is 3. The molecular weight excluding hydrogens is 344 g/mol. The Bertz CT molecular complexity index is 449. The average molecular weight is 363 g/mol. The second-order valence-corrected chi connectivity index (χ2v) is 4.90. The van der Waals surface area contributed by atoms with Crippen LogP contribution in [0.15, 0.2) is 18.2 Å². The number of nitrogens with one attached hydrogen (secondary N) is 1. The summed E-state index contributed by atoms with van der Waals surface area (Å²) < 4.78 is 38.3. The minimum absolute atomic E-state index is 0. The Balaban J connectivity index is 0.00000220. The van der Waals surface area contributed by atoms with Crippen molar-refractivity contribution in [2.45, 2.75) is 18.6 Å². The quantitative estimate of drug-likeness (QED) is 0.773. The maximum absolute atomic E-state index is 12.8. The van der Waals surface area contributed by atoms with Crippen LogP contribution < -0.4 is 5.32 Å². The van der Waals surface area contributed by atoms with Crippen molar-refractivity contribution in [3.63, 3.8) is 0 Å². The van der Waals surface area contributed by atoms with E-state index < -0.39 is 18.6 Å². The number of aromatic hydroxyl groups is 2. The fourth-order valence-electron chi connectivity index (χ4n) is 2.48. The molecule has 0 aliphatic carbocycles. The standard InChI is InChI=1S/C13H17F3N2O2.2ClH/c14-13(15,16)8-12(18-3-1-17-2-4-18)9-5-10(19)7-11(20)6-9;;/h5-7,12,17,19-20H,1-4,8H2;2*1H/t12-;;/m1../s1. The van der Waals surface area contributed by atoms with Gasteiger partial charge in [0.1, 0.15) is 11.5 Å². The molecule has 9 heteroatoms. The van der Waals surface area contributed by atoms with E-state index in [0.29, 0.717) is 26.2 Å². The molecule has 0 bridgehead atoms. The van der Waals surface area contributed by atoms with Gasteiger partial charge >= 0.3 is 6.18 Å². The second kappa shape index (κ2) is 8.67. The molecule has 1 fully saturated rings. The van der Waals surface area contributed by atoms with Crippen molar-refractivity contribution in [1.29, 1.82) is 0 Å². The third-order valence-corrected chi connectivity index (χ3v) is 3.33. The maximum Gasteiger partial charge on any atom is 0.390 e. The zero-order chi connectivity index (χ0) is 14.8. The molecule has 0 saturated carbocycles. The summed E-state index contributed by atoms with van der Waals surface area (Å²) in [5.74, 6) is -0.468.